The van der Waals surface area contributed by atoms with Gasteiger partial charge in [-0.25, -0.2) is 0 Å². The summed E-state index contributed by atoms with van der Waals surface area (Å²) in [5.74, 6) is -0.304. The number of amides is 1. The molecule has 3 N–H and O–H groups in total. The maximum absolute atomic E-state index is 10.8. The number of benzene rings is 1. The van der Waals surface area contributed by atoms with Crippen LogP contribution in [0.1, 0.15) is 44.2 Å². The summed E-state index contributed by atoms with van der Waals surface area (Å²) < 4.78 is 0. The Balaban J connectivity index is 2.55. The van der Waals surface area contributed by atoms with Gasteiger partial charge in [0, 0.05) is 6.04 Å². The molecule has 0 radical (unpaired) electrons. The Bertz CT molecular complexity index is 324. The summed E-state index contributed by atoms with van der Waals surface area (Å²) in [7, 11) is 0. The summed E-state index contributed by atoms with van der Waals surface area (Å²) in [6, 6.07) is 10.5. The van der Waals surface area contributed by atoms with E-state index in [0.29, 0.717) is 0 Å². The van der Waals surface area contributed by atoms with Gasteiger partial charge in [-0.05, 0) is 12.0 Å². The molecule has 1 aromatic rings. The Morgan fingerprint density at radius 1 is 1.29 bits per heavy atom. The Morgan fingerprint density at radius 2 is 2.00 bits per heavy atom. The molecule has 1 amide bonds. The second kappa shape index (κ2) is 7.85. The van der Waals surface area contributed by atoms with Gasteiger partial charge in [-0.1, -0.05) is 56.5 Å². The number of nitrogens with one attached hydrogen (secondary N) is 1. The second-order valence-electron chi connectivity index (χ2n) is 4.31. The van der Waals surface area contributed by atoms with Gasteiger partial charge in [0.25, 0.3) is 0 Å². The van der Waals surface area contributed by atoms with Crippen molar-refractivity contribution in [1.82, 2.24) is 5.32 Å². The molecule has 0 bridgehead atoms. The van der Waals surface area contributed by atoms with Gasteiger partial charge in [0.2, 0.25) is 5.91 Å². The topological polar surface area (TPSA) is 55.1 Å². The van der Waals surface area contributed by atoms with Crippen LogP contribution in [0.3, 0.4) is 0 Å². The number of hydrogen-bond acceptors (Lipinski definition) is 2. The number of hydrogen-bond donors (Lipinski definition) is 2. The van der Waals surface area contributed by atoms with Crippen LogP contribution in [0.4, 0.5) is 0 Å². The molecular formula is C14H22N2O. The summed E-state index contributed by atoms with van der Waals surface area (Å²) in [4.78, 5) is 10.8. The number of rotatable bonds is 8. The standard InChI is InChI=1S/C14H22N2O/c1-2-3-5-10-13(16-11-14(15)17)12-8-6-4-7-9-12/h4,6-9,13,16H,2-3,5,10-11H2,1H3,(H2,15,17). The van der Waals surface area contributed by atoms with E-state index in [-0.39, 0.29) is 18.5 Å². The van der Waals surface area contributed by atoms with Gasteiger partial charge in [0.05, 0.1) is 6.54 Å². The molecule has 1 atom stereocenters. The van der Waals surface area contributed by atoms with E-state index in [0.717, 1.165) is 6.42 Å². The van der Waals surface area contributed by atoms with Crippen LogP contribution in [0.5, 0.6) is 0 Å². The molecule has 1 unspecified atom stereocenters. The van der Waals surface area contributed by atoms with Crippen LogP contribution in [0, 0.1) is 0 Å². The number of primary amides is 1. The van der Waals surface area contributed by atoms with Crippen molar-refractivity contribution < 1.29 is 4.79 Å². The first-order chi connectivity index (χ1) is 8.24. The van der Waals surface area contributed by atoms with Gasteiger partial charge < -0.3 is 11.1 Å². The predicted octanol–water partition coefficient (Wildman–Crippen LogP) is 2.38. The van der Waals surface area contributed by atoms with E-state index < -0.39 is 0 Å². The summed E-state index contributed by atoms with van der Waals surface area (Å²) in [6.45, 7) is 2.43. The van der Waals surface area contributed by atoms with E-state index in [1.165, 1.54) is 24.8 Å². The monoisotopic (exact) mass is 234 g/mol. The Kier molecular flexibility index (Phi) is 6.33. The maximum Gasteiger partial charge on any atom is 0.231 e. The van der Waals surface area contributed by atoms with Crippen LogP contribution in [-0.4, -0.2) is 12.5 Å². The van der Waals surface area contributed by atoms with Crippen LogP contribution in [0.25, 0.3) is 0 Å². The van der Waals surface area contributed by atoms with Crippen LogP contribution >= 0.6 is 0 Å². The van der Waals surface area contributed by atoms with Crippen molar-refractivity contribution in [2.75, 3.05) is 6.54 Å². The van der Waals surface area contributed by atoms with E-state index in [2.05, 4.69) is 24.4 Å². The first kappa shape index (κ1) is 13.7. The Hall–Kier alpha value is -1.35. The summed E-state index contributed by atoms with van der Waals surface area (Å²) in [5.41, 5.74) is 6.40. The molecule has 0 saturated carbocycles. The van der Waals surface area contributed by atoms with E-state index in [1.807, 2.05) is 18.2 Å². The fourth-order valence-electron chi connectivity index (χ4n) is 1.89. The average Bonchev–Trinajstić information content (AvgIpc) is 2.34. The highest BCUT2D eigenvalue weighted by Gasteiger charge is 2.10. The quantitative estimate of drug-likeness (QED) is 0.678. The predicted molar refractivity (Wildman–Crippen MR) is 70.5 cm³/mol. The lowest BCUT2D eigenvalue weighted by Gasteiger charge is -2.18. The van der Waals surface area contributed by atoms with Crippen molar-refractivity contribution in [2.45, 2.75) is 38.6 Å². The van der Waals surface area contributed by atoms with Crippen molar-refractivity contribution in [1.29, 1.82) is 0 Å². The third-order valence-corrected chi connectivity index (χ3v) is 2.82. The largest absolute Gasteiger partial charge is 0.369 e. The summed E-state index contributed by atoms with van der Waals surface area (Å²) in [5, 5.41) is 3.22. The molecule has 1 rings (SSSR count). The van der Waals surface area contributed by atoms with Crippen LogP contribution in [0.2, 0.25) is 0 Å². The summed E-state index contributed by atoms with van der Waals surface area (Å²) >= 11 is 0. The minimum Gasteiger partial charge on any atom is -0.369 e. The molecule has 0 aliphatic rings. The van der Waals surface area contributed by atoms with Crippen molar-refractivity contribution in [3.63, 3.8) is 0 Å². The zero-order valence-electron chi connectivity index (χ0n) is 10.5. The van der Waals surface area contributed by atoms with Crippen molar-refractivity contribution in [3.8, 4) is 0 Å². The smallest absolute Gasteiger partial charge is 0.231 e. The highest BCUT2D eigenvalue weighted by Crippen LogP contribution is 2.19. The SMILES string of the molecule is CCCCCC(NCC(N)=O)c1ccccc1. The van der Waals surface area contributed by atoms with E-state index >= 15 is 0 Å². The number of nitrogens with two attached hydrogens (primary N) is 1. The van der Waals surface area contributed by atoms with Gasteiger partial charge in [-0.2, -0.15) is 0 Å². The minimum absolute atomic E-state index is 0.232. The lowest BCUT2D eigenvalue weighted by molar-refractivity contribution is -0.117. The van der Waals surface area contributed by atoms with E-state index in [1.54, 1.807) is 0 Å². The second-order valence-corrected chi connectivity index (χ2v) is 4.31. The van der Waals surface area contributed by atoms with Crippen molar-refractivity contribution in [2.24, 2.45) is 5.73 Å². The average molecular weight is 234 g/mol. The molecule has 1 aromatic carbocycles. The molecule has 0 spiro atoms. The lowest BCUT2D eigenvalue weighted by Crippen LogP contribution is -2.31. The highest BCUT2D eigenvalue weighted by molar-refractivity contribution is 5.75. The van der Waals surface area contributed by atoms with Crippen LogP contribution in [-0.2, 0) is 4.79 Å². The van der Waals surface area contributed by atoms with Gasteiger partial charge >= 0.3 is 0 Å². The third-order valence-electron chi connectivity index (χ3n) is 2.82. The Morgan fingerprint density at radius 3 is 2.59 bits per heavy atom. The van der Waals surface area contributed by atoms with Crippen molar-refractivity contribution in [3.05, 3.63) is 35.9 Å². The molecule has 0 heterocycles. The first-order valence-corrected chi connectivity index (χ1v) is 6.30. The molecule has 3 nitrogen and oxygen atoms in total. The van der Waals surface area contributed by atoms with E-state index in [4.69, 9.17) is 5.73 Å². The van der Waals surface area contributed by atoms with E-state index in [9.17, 15) is 4.79 Å². The third kappa shape index (κ3) is 5.50. The fourth-order valence-corrected chi connectivity index (χ4v) is 1.89. The highest BCUT2D eigenvalue weighted by atomic mass is 16.1. The molecule has 94 valence electrons. The zero-order valence-corrected chi connectivity index (χ0v) is 10.5. The molecule has 3 heteroatoms. The minimum atomic E-state index is -0.304. The number of carbonyl (C=O) groups is 1. The van der Waals surface area contributed by atoms with Gasteiger partial charge in [0.15, 0.2) is 0 Å². The normalized spacial score (nSPS) is 12.3. The zero-order chi connectivity index (χ0) is 12.5. The molecular weight excluding hydrogens is 212 g/mol. The van der Waals surface area contributed by atoms with Crippen LogP contribution < -0.4 is 11.1 Å². The molecule has 0 saturated heterocycles. The maximum atomic E-state index is 10.8. The summed E-state index contributed by atoms with van der Waals surface area (Å²) in [6.07, 6.45) is 4.64. The molecule has 0 fully saturated rings. The first-order valence-electron chi connectivity index (χ1n) is 6.30. The van der Waals surface area contributed by atoms with Crippen molar-refractivity contribution >= 4 is 5.91 Å². The molecule has 0 aromatic heterocycles. The van der Waals surface area contributed by atoms with Gasteiger partial charge in [0.1, 0.15) is 0 Å². The molecule has 17 heavy (non-hydrogen) atoms. The Labute approximate surface area is 103 Å². The van der Waals surface area contributed by atoms with Gasteiger partial charge in [-0.15, -0.1) is 0 Å². The van der Waals surface area contributed by atoms with Crippen LogP contribution in [0.15, 0.2) is 30.3 Å². The van der Waals surface area contributed by atoms with Gasteiger partial charge in [-0.3, -0.25) is 4.79 Å². The molecule has 0 aliphatic heterocycles. The number of carbonyl (C=O) groups excluding carboxylic acids is 1. The fraction of sp³-hybridized carbons (Fsp3) is 0.500. The molecule has 0 aliphatic carbocycles. The lowest BCUT2D eigenvalue weighted by atomic mass is 10.0. The number of unbranched alkanes of at least 4 members (excludes halogenated alkanes) is 2.